The Kier molecular flexibility index (Phi) is 8.97. The van der Waals surface area contributed by atoms with E-state index in [2.05, 4.69) is 143 Å². The number of imidazole rings is 1. The maximum Gasteiger partial charge on any atom is 0.0774 e. The summed E-state index contributed by atoms with van der Waals surface area (Å²) in [5.41, 5.74) is 11.2. The minimum absolute atomic E-state index is 0. The van der Waals surface area contributed by atoms with Crippen LogP contribution in [0.15, 0.2) is 187 Å². The summed E-state index contributed by atoms with van der Waals surface area (Å²) in [4.78, 5) is 9.23. The fourth-order valence-corrected chi connectivity index (χ4v) is 8.31. The quantitative estimate of drug-likeness (QED) is 0.162. The van der Waals surface area contributed by atoms with Crippen LogP contribution in [0.4, 0.5) is 0 Å². The number of aryl methyl sites for hydroxylation is 1. The van der Waals surface area contributed by atoms with E-state index in [4.69, 9.17) is 13.5 Å². The Labute approximate surface area is 352 Å². The summed E-state index contributed by atoms with van der Waals surface area (Å²) in [6.07, 6.45) is 4.60. The second-order valence-electron chi connectivity index (χ2n) is 13.5. The predicted octanol–water partition coefficient (Wildman–Crippen LogP) is 13.8. The second-order valence-corrected chi connectivity index (χ2v) is 14.6. The molecule has 0 spiro atoms. The van der Waals surface area contributed by atoms with Crippen LogP contribution in [-0.4, -0.2) is 14.5 Å². The van der Waals surface area contributed by atoms with Crippen molar-refractivity contribution in [3.63, 3.8) is 0 Å². The van der Waals surface area contributed by atoms with Gasteiger partial charge in [0.05, 0.1) is 16.9 Å². The van der Waals surface area contributed by atoms with E-state index in [1.165, 1.54) is 43.1 Å². The molecule has 1 radical (unpaired) electrons. The van der Waals surface area contributed by atoms with Crippen LogP contribution in [0.2, 0.25) is 0 Å². The molecular weight excluding hydrogens is 895 g/mol. The van der Waals surface area contributed by atoms with E-state index in [-0.39, 0.29) is 25.7 Å². The Morgan fingerprint density at radius 2 is 1.35 bits per heavy atom. The average Bonchev–Trinajstić information content (AvgIpc) is 4.00. The van der Waals surface area contributed by atoms with Gasteiger partial charge in [0.1, 0.15) is 0 Å². The Morgan fingerprint density at radius 3 is 2.16 bits per heavy atom. The summed E-state index contributed by atoms with van der Waals surface area (Å²) in [5, 5.41) is 3.58. The third kappa shape index (κ3) is 7.00. The molecule has 0 saturated carbocycles. The van der Waals surface area contributed by atoms with Crippen molar-refractivity contribution in [2.75, 3.05) is 0 Å². The van der Waals surface area contributed by atoms with Gasteiger partial charge in [-0.1, -0.05) is 120 Å². The summed E-state index contributed by atoms with van der Waals surface area (Å²) in [6, 6.07) is 62.9. The minimum Gasteiger partial charge on any atom is -0.557 e. The number of fused-ring (bicyclic) bond motifs is 5. The minimum atomic E-state index is -2.09. The van der Waals surface area contributed by atoms with Gasteiger partial charge in [-0.2, -0.15) is 0 Å². The SMILES string of the molecule is [2H]C([2H])([2H])c1ccc(-c2[c-]cccc2)nc1.[Ir].[c-]1oc2ccc(-c3ccc4sc5ccccc5c4c3)cc2c1-c1nc2ccccc2n1-c1ccc(-c2ccccc2)cc1. The van der Waals surface area contributed by atoms with E-state index >= 15 is 0 Å². The van der Waals surface area contributed by atoms with Crippen LogP contribution in [0.1, 0.15) is 9.68 Å². The molecule has 0 bridgehead atoms. The zero-order chi connectivity index (χ0) is 39.9. The molecule has 0 atom stereocenters. The third-order valence-corrected chi connectivity index (χ3v) is 11.1. The third-order valence-electron chi connectivity index (χ3n) is 9.99. The van der Waals surface area contributed by atoms with Crippen LogP contribution in [0.5, 0.6) is 0 Å². The largest absolute Gasteiger partial charge is 0.557 e. The first-order valence-corrected chi connectivity index (χ1v) is 19.1. The number of hydrogen-bond acceptors (Lipinski definition) is 4. The van der Waals surface area contributed by atoms with Gasteiger partial charge in [-0.05, 0) is 82.8 Å². The van der Waals surface area contributed by atoms with Crippen molar-refractivity contribution in [2.45, 2.75) is 6.85 Å². The van der Waals surface area contributed by atoms with Crippen LogP contribution in [0.25, 0.3) is 92.8 Å². The van der Waals surface area contributed by atoms with Crippen molar-refractivity contribution < 1.29 is 28.6 Å². The van der Waals surface area contributed by atoms with Crippen molar-refractivity contribution in [1.82, 2.24) is 14.5 Å². The fourth-order valence-electron chi connectivity index (χ4n) is 7.22. The maximum atomic E-state index is 7.23. The number of thiophene rings is 1. The van der Waals surface area contributed by atoms with Crippen molar-refractivity contribution in [1.29, 1.82) is 0 Å². The second kappa shape index (κ2) is 15.6. The standard InChI is InChI=1S/C39H23N2OS.C12H10N.Ir/c1-2-8-25(9-3-1)26-14-18-29(19-15-26)41-35-12-6-5-11-34(35)40-39(41)33-24-42-36-20-16-27(22-31(33)36)28-17-21-38-32(23-28)30-10-4-7-13-37(30)43-38;1-10-7-8-12(13-9-10)11-5-3-2-4-6-11;/h1-23H;2-5,7-9H,1H3;/q2*-1;/i;1D3;. The van der Waals surface area contributed by atoms with E-state index < -0.39 is 6.85 Å². The van der Waals surface area contributed by atoms with Crippen LogP contribution in [-0.2, 0) is 20.1 Å². The van der Waals surface area contributed by atoms with Crippen LogP contribution >= 0.6 is 11.3 Å². The molecule has 0 aliphatic carbocycles. The van der Waals surface area contributed by atoms with Gasteiger partial charge >= 0.3 is 0 Å². The first-order chi connectivity index (χ1) is 28.9. The smallest absolute Gasteiger partial charge is 0.0774 e. The molecule has 0 unspecified atom stereocenters. The fraction of sp³-hybridized carbons (Fsp3) is 0.0196. The monoisotopic (exact) mass is 931 g/mol. The number of pyridine rings is 1. The van der Waals surface area contributed by atoms with Crippen LogP contribution < -0.4 is 0 Å². The van der Waals surface area contributed by atoms with Gasteiger partial charge in [-0.25, -0.2) is 0 Å². The van der Waals surface area contributed by atoms with Gasteiger partial charge in [0.15, 0.2) is 0 Å². The zero-order valence-corrected chi connectivity index (χ0v) is 33.5. The van der Waals surface area contributed by atoms with E-state index in [1.807, 2.05) is 47.7 Å². The molecule has 0 saturated heterocycles. The molecule has 7 aromatic carbocycles. The Morgan fingerprint density at radius 1 is 0.632 bits per heavy atom. The summed E-state index contributed by atoms with van der Waals surface area (Å²) in [7, 11) is 0. The normalized spacial score (nSPS) is 12.1. The molecule has 4 heterocycles. The average molecular weight is 931 g/mol. The van der Waals surface area contributed by atoms with Crippen LogP contribution in [0.3, 0.4) is 0 Å². The van der Waals surface area contributed by atoms with Gasteiger partial charge in [-0.15, -0.1) is 47.2 Å². The van der Waals surface area contributed by atoms with Gasteiger partial charge in [0.25, 0.3) is 0 Å². The topological polar surface area (TPSA) is 43.9 Å². The van der Waals surface area contributed by atoms with Gasteiger partial charge < -0.3 is 14.0 Å². The first kappa shape index (κ1) is 32.8. The molecular formula is C51H33IrN3OS-2. The Balaban J connectivity index is 0.000000230. The van der Waals surface area contributed by atoms with E-state index in [0.717, 1.165) is 55.9 Å². The van der Waals surface area contributed by atoms with Gasteiger partial charge in [-0.3, -0.25) is 4.98 Å². The molecule has 0 aliphatic heterocycles. The van der Waals surface area contributed by atoms with Gasteiger partial charge in [0.2, 0.25) is 0 Å². The van der Waals surface area contributed by atoms with Crippen molar-refractivity contribution in [3.05, 3.63) is 200 Å². The first-order valence-electron chi connectivity index (χ1n) is 19.8. The molecule has 4 nitrogen and oxygen atoms in total. The van der Waals surface area contributed by atoms with Crippen LogP contribution in [0, 0.1) is 19.2 Å². The van der Waals surface area contributed by atoms with E-state index in [1.54, 1.807) is 18.2 Å². The summed E-state index contributed by atoms with van der Waals surface area (Å²) in [5.74, 6) is 0.809. The molecule has 11 rings (SSSR count). The summed E-state index contributed by atoms with van der Waals surface area (Å²) in [6.45, 7) is -2.09. The van der Waals surface area contributed by atoms with E-state index in [9.17, 15) is 0 Å². The number of furan rings is 1. The molecule has 0 amide bonds. The van der Waals surface area contributed by atoms with Crippen molar-refractivity contribution in [2.24, 2.45) is 0 Å². The van der Waals surface area contributed by atoms with Crippen molar-refractivity contribution >= 4 is 53.5 Å². The number of nitrogens with zero attached hydrogens (tertiary/aromatic N) is 3. The number of hydrogen-bond donors (Lipinski definition) is 0. The predicted molar refractivity (Wildman–Crippen MR) is 232 cm³/mol. The molecule has 57 heavy (non-hydrogen) atoms. The molecule has 0 N–H and O–H groups in total. The molecule has 11 aromatic rings. The molecule has 0 fully saturated rings. The molecule has 4 aromatic heterocycles. The maximum absolute atomic E-state index is 7.23. The number of aromatic nitrogens is 3. The van der Waals surface area contributed by atoms with E-state index in [0.29, 0.717) is 0 Å². The van der Waals surface area contributed by atoms with Crippen molar-refractivity contribution in [3.8, 4) is 50.6 Å². The zero-order valence-electron chi connectivity index (χ0n) is 33.3. The Bertz CT molecular complexity index is 3250. The molecule has 0 aliphatic rings. The number of rotatable bonds is 5. The number of para-hydroxylation sites is 2. The molecule has 275 valence electrons. The number of benzene rings is 7. The summed E-state index contributed by atoms with van der Waals surface area (Å²) < 4.78 is 32.5. The Hall–Kier alpha value is -6.43. The molecule has 6 heteroatoms. The summed E-state index contributed by atoms with van der Waals surface area (Å²) >= 11 is 1.84. The van der Waals surface area contributed by atoms with Gasteiger partial charge in [0, 0.05) is 68.1 Å².